The third-order valence-corrected chi connectivity index (χ3v) is 6.16. The molecule has 5 heteroatoms. The smallest absolute Gasteiger partial charge is 0.0489 e. The summed E-state index contributed by atoms with van der Waals surface area (Å²) in [6.45, 7) is 8.42. The number of hydrogen-bond donors (Lipinski definition) is 0. The van der Waals surface area contributed by atoms with Gasteiger partial charge in [0.05, 0.1) is 0 Å². The summed E-state index contributed by atoms with van der Waals surface area (Å²) < 4.78 is 2.05. The van der Waals surface area contributed by atoms with Crippen molar-refractivity contribution in [1.82, 2.24) is 24.6 Å². The first-order valence-electron chi connectivity index (χ1n) is 10.2. The normalized spacial score (nSPS) is 22.8. The first-order chi connectivity index (χ1) is 12.9. The Balaban J connectivity index is 1.16. The van der Waals surface area contributed by atoms with E-state index in [2.05, 4.69) is 32.1 Å². The second-order valence-electron chi connectivity index (χ2n) is 7.95. The third-order valence-electron chi connectivity index (χ3n) is 6.16. The Morgan fingerprint density at radius 1 is 0.923 bits per heavy atom. The van der Waals surface area contributed by atoms with Crippen molar-refractivity contribution in [3.05, 3.63) is 48.5 Å². The summed E-state index contributed by atoms with van der Waals surface area (Å²) in [6, 6.07) is 6.24. The molecule has 0 saturated carbocycles. The van der Waals surface area contributed by atoms with E-state index in [0.717, 1.165) is 24.9 Å². The lowest BCUT2D eigenvalue weighted by Gasteiger charge is -2.34. The Bertz CT molecular complexity index is 634. The Morgan fingerprint density at radius 2 is 1.77 bits per heavy atom. The maximum Gasteiger partial charge on any atom is 0.0489 e. The van der Waals surface area contributed by atoms with Gasteiger partial charge in [-0.2, -0.15) is 5.10 Å². The van der Waals surface area contributed by atoms with Gasteiger partial charge in [0.1, 0.15) is 0 Å². The van der Waals surface area contributed by atoms with Crippen molar-refractivity contribution in [3.63, 3.8) is 0 Å². The molecule has 0 N–H and O–H groups in total. The monoisotopic (exact) mass is 353 g/mol. The van der Waals surface area contributed by atoms with Crippen LogP contribution in [0.5, 0.6) is 0 Å². The molecule has 0 radical (unpaired) electrons. The van der Waals surface area contributed by atoms with E-state index in [0.29, 0.717) is 0 Å². The highest BCUT2D eigenvalue weighted by Crippen LogP contribution is 2.32. The number of nitrogens with zero attached hydrogens (tertiary/aromatic N) is 5. The van der Waals surface area contributed by atoms with Crippen LogP contribution in [0.3, 0.4) is 0 Å². The second kappa shape index (κ2) is 8.78. The van der Waals surface area contributed by atoms with Crippen LogP contribution in [0.1, 0.15) is 31.2 Å². The minimum Gasteiger partial charge on any atom is -0.303 e. The zero-order chi connectivity index (χ0) is 17.6. The SMILES string of the molecule is c1cncc(CN2CCC(C3CCN(CCCn4cccn4)C3)CC2)c1. The molecule has 0 amide bonds. The molecule has 26 heavy (non-hydrogen) atoms. The van der Waals surface area contributed by atoms with Crippen molar-refractivity contribution in [2.24, 2.45) is 11.8 Å². The lowest BCUT2D eigenvalue weighted by atomic mass is 9.83. The molecular formula is C21H31N5. The standard InChI is InChI=1S/C21H31N5/c1-4-19(16-22-8-1)17-25-13-5-20(6-14-25)21-7-15-24(18-21)10-3-12-26-11-2-9-23-26/h1-2,4,8-9,11,16,20-21H,3,5-7,10,12-15,17-18H2. The summed E-state index contributed by atoms with van der Waals surface area (Å²) in [6.07, 6.45) is 13.1. The molecule has 0 spiro atoms. The van der Waals surface area contributed by atoms with Gasteiger partial charge in [-0.3, -0.25) is 14.6 Å². The average molecular weight is 354 g/mol. The predicted molar refractivity (Wildman–Crippen MR) is 104 cm³/mol. The highest BCUT2D eigenvalue weighted by atomic mass is 15.3. The van der Waals surface area contributed by atoms with Crippen LogP contribution >= 0.6 is 0 Å². The fraction of sp³-hybridized carbons (Fsp3) is 0.619. The first kappa shape index (κ1) is 17.7. The molecule has 2 aliphatic heterocycles. The maximum absolute atomic E-state index is 4.30. The van der Waals surface area contributed by atoms with Gasteiger partial charge in [-0.25, -0.2) is 0 Å². The van der Waals surface area contributed by atoms with Gasteiger partial charge in [0.15, 0.2) is 0 Å². The number of aromatic nitrogens is 3. The van der Waals surface area contributed by atoms with Gasteiger partial charge in [-0.05, 0) is 81.4 Å². The number of piperidine rings is 1. The molecule has 2 aliphatic rings. The Kier molecular flexibility index (Phi) is 5.97. The maximum atomic E-state index is 4.30. The van der Waals surface area contributed by atoms with E-state index in [4.69, 9.17) is 0 Å². The van der Waals surface area contributed by atoms with E-state index in [1.165, 1.54) is 64.0 Å². The van der Waals surface area contributed by atoms with Crippen molar-refractivity contribution in [1.29, 1.82) is 0 Å². The van der Waals surface area contributed by atoms with Gasteiger partial charge >= 0.3 is 0 Å². The summed E-state index contributed by atoms with van der Waals surface area (Å²) in [5, 5.41) is 4.30. The van der Waals surface area contributed by atoms with Crippen molar-refractivity contribution in [2.75, 3.05) is 32.7 Å². The van der Waals surface area contributed by atoms with Crippen molar-refractivity contribution >= 4 is 0 Å². The van der Waals surface area contributed by atoms with Crippen LogP contribution in [-0.2, 0) is 13.1 Å². The Hall–Kier alpha value is -1.72. The molecule has 4 rings (SSSR count). The topological polar surface area (TPSA) is 37.2 Å². The molecule has 0 aromatic carbocycles. The zero-order valence-electron chi connectivity index (χ0n) is 15.7. The molecule has 140 valence electrons. The first-order valence-corrected chi connectivity index (χ1v) is 10.2. The molecule has 1 atom stereocenters. The van der Waals surface area contributed by atoms with Crippen LogP contribution in [0.25, 0.3) is 0 Å². The molecule has 2 aromatic heterocycles. The summed E-state index contributed by atoms with van der Waals surface area (Å²) in [5.41, 5.74) is 1.34. The summed E-state index contributed by atoms with van der Waals surface area (Å²) >= 11 is 0. The van der Waals surface area contributed by atoms with Gasteiger partial charge in [0.2, 0.25) is 0 Å². The molecule has 5 nitrogen and oxygen atoms in total. The van der Waals surface area contributed by atoms with E-state index in [-0.39, 0.29) is 0 Å². The van der Waals surface area contributed by atoms with Crippen LogP contribution in [0.15, 0.2) is 43.0 Å². The number of rotatable bonds is 7. The summed E-state index contributed by atoms with van der Waals surface area (Å²) in [7, 11) is 0. The molecule has 2 aromatic rings. The van der Waals surface area contributed by atoms with E-state index < -0.39 is 0 Å². The Morgan fingerprint density at radius 3 is 2.54 bits per heavy atom. The highest BCUT2D eigenvalue weighted by molar-refractivity contribution is 5.08. The minimum absolute atomic E-state index is 0.917. The van der Waals surface area contributed by atoms with E-state index >= 15 is 0 Å². The van der Waals surface area contributed by atoms with Crippen LogP contribution in [0, 0.1) is 11.8 Å². The lowest BCUT2D eigenvalue weighted by molar-refractivity contribution is 0.141. The zero-order valence-corrected chi connectivity index (χ0v) is 15.7. The van der Waals surface area contributed by atoms with Crippen LogP contribution in [-0.4, -0.2) is 57.3 Å². The van der Waals surface area contributed by atoms with Crippen LogP contribution in [0.4, 0.5) is 0 Å². The van der Waals surface area contributed by atoms with Gasteiger partial charge in [0.25, 0.3) is 0 Å². The van der Waals surface area contributed by atoms with E-state index in [9.17, 15) is 0 Å². The molecule has 0 aliphatic carbocycles. The third kappa shape index (κ3) is 4.71. The molecule has 4 heterocycles. The molecule has 2 saturated heterocycles. The van der Waals surface area contributed by atoms with Gasteiger partial charge < -0.3 is 4.90 Å². The van der Waals surface area contributed by atoms with E-state index in [1.807, 2.05) is 35.4 Å². The van der Waals surface area contributed by atoms with Gasteiger partial charge in [-0.1, -0.05) is 6.07 Å². The summed E-state index contributed by atoms with van der Waals surface area (Å²) in [4.78, 5) is 9.52. The fourth-order valence-electron chi connectivity index (χ4n) is 4.67. The highest BCUT2D eigenvalue weighted by Gasteiger charge is 2.31. The average Bonchev–Trinajstić information content (AvgIpc) is 3.36. The molecule has 2 fully saturated rings. The molecular weight excluding hydrogens is 322 g/mol. The largest absolute Gasteiger partial charge is 0.303 e. The quantitative estimate of drug-likeness (QED) is 0.767. The number of hydrogen-bond acceptors (Lipinski definition) is 4. The van der Waals surface area contributed by atoms with Gasteiger partial charge in [0, 0.05) is 44.4 Å². The number of aryl methyl sites for hydroxylation is 1. The molecule has 0 bridgehead atoms. The van der Waals surface area contributed by atoms with Crippen LogP contribution < -0.4 is 0 Å². The van der Waals surface area contributed by atoms with Crippen molar-refractivity contribution in [3.8, 4) is 0 Å². The summed E-state index contributed by atoms with van der Waals surface area (Å²) in [5.74, 6) is 1.84. The van der Waals surface area contributed by atoms with Gasteiger partial charge in [-0.15, -0.1) is 0 Å². The van der Waals surface area contributed by atoms with Crippen LogP contribution in [0.2, 0.25) is 0 Å². The lowest BCUT2D eigenvalue weighted by Crippen LogP contribution is -2.36. The number of pyridine rings is 1. The Labute approximate surface area is 157 Å². The van der Waals surface area contributed by atoms with Crippen molar-refractivity contribution in [2.45, 2.75) is 38.8 Å². The predicted octanol–water partition coefficient (Wildman–Crippen LogP) is 2.90. The van der Waals surface area contributed by atoms with E-state index in [1.54, 1.807) is 0 Å². The fourth-order valence-corrected chi connectivity index (χ4v) is 4.67. The van der Waals surface area contributed by atoms with Crippen molar-refractivity contribution < 1.29 is 0 Å². The second-order valence-corrected chi connectivity index (χ2v) is 7.95. The minimum atomic E-state index is 0.917. The number of likely N-dealkylation sites (tertiary alicyclic amines) is 2. The molecule has 1 unspecified atom stereocenters.